The number of ether oxygens (including phenoxy) is 1. The highest BCUT2D eigenvalue weighted by Gasteiger charge is 2.34. The Hall–Kier alpha value is -0.760. The predicted octanol–water partition coefficient (Wildman–Crippen LogP) is 2.01. The highest BCUT2D eigenvalue weighted by molar-refractivity contribution is 8.00. The van der Waals surface area contributed by atoms with Gasteiger partial charge in [-0.1, -0.05) is 23.7 Å². The molecule has 1 aliphatic heterocycles. The second kappa shape index (κ2) is 7.00. The van der Waals surface area contributed by atoms with Crippen molar-refractivity contribution in [3.63, 3.8) is 0 Å². The van der Waals surface area contributed by atoms with Gasteiger partial charge in [0, 0.05) is 18.3 Å². The van der Waals surface area contributed by atoms with Crippen LogP contribution in [0.1, 0.15) is 6.42 Å². The highest BCUT2D eigenvalue weighted by atomic mass is 35.5. The van der Waals surface area contributed by atoms with Crippen LogP contribution in [0, 0.1) is 0 Å². The monoisotopic (exact) mass is 349 g/mol. The summed E-state index contributed by atoms with van der Waals surface area (Å²) >= 11 is 7.40. The molecule has 1 saturated heterocycles. The largest absolute Gasteiger partial charge is 0.468 e. The molecule has 0 aliphatic carbocycles. The number of nitrogens with zero attached hydrogens (tertiary/aromatic N) is 1. The summed E-state index contributed by atoms with van der Waals surface area (Å²) in [6.45, 7) is 0.821. The van der Waals surface area contributed by atoms with Crippen molar-refractivity contribution in [1.82, 2.24) is 4.31 Å². The van der Waals surface area contributed by atoms with Crippen LogP contribution in [-0.2, 0) is 19.6 Å². The molecule has 0 spiro atoms. The molecule has 1 heterocycles. The third-order valence-electron chi connectivity index (χ3n) is 3.23. The van der Waals surface area contributed by atoms with E-state index in [2.05, 4.69) is 4.74 Å². The molecular weight excluding hydrogens is 334 g/mol. The van der Waals surface area contributed by atoms with E-state index in [9.17, 15) is 13.2 Å². The normalized spacial score (nSPS) is 19.6. The smallest absolute Gasteiger partial charge is 0.315 e. The number of rotatable bonds is 5. The molecule has 0 bridgehead atoms. The van der Waals surface area contributed by atoms with Gasteiger partial charge in [0.2, 0.25) is 10.0 Å². The number of sulfonamides is 1. The maximum Gasteiger partial charge on any atom is 0.315 e. The Morgan fingerprint density at radius 3 is 2.86 bits per heavy atom. The number of thioether (sulfide) groups is 1. The van der Waals surface area contributed by atoms with Crippen LogP contribution in [0.2, 0.25) is 5.02 Å². The number of carbonyl (C=O) groups is 1. The molecule has 21 heavy (non-hydrogen) atoms. The van der Waals surface area contributed by atoms with Gasteiger partial charge in [0.15, 0.2) is 0 Å². The fourth-order valence-corrected chi connectivity index (χ4v) is 5.22. The van der Waals surface area contributed by atoms with Crippen molar-refractivity contribution in [1.29, 1.82) is 0 Å². The number of hydrogen-bond donors (Lipinski definition) is 0. The van der Waals surface area contributed by atoms with E-state index in [1.807, 2.05) is 0 Å². The third-order valence-corrected chi connectivity index (χ3v) is 6.85. The Balaban J connectivity index is 2.04. The van der Waals surface area contributed by atoms with Crippen molar-refractivity contribution < 1.29 is 17.9 Å². The number of hydrogen-bond acceptors (Lipinski definition) is 5. The Bertz CT molecular complexity index is 620. The van der Waals surface area contributed by atoms with Gasteiger partial charge < -0.3 is 4.74 Å². The van der Waals surface area contributed by atoms with Gasteiger partial charge in [0.05, 0.1) is 17.9 Å². The van der Waals surface area contributed by atoms with E-state index in [1.165, 1.54) is 29.2 Å². The van der Waals surface area contributed by atoms with E-state index in [-0.39, 0.29) is 26.9 Å². The minimum absolute atomic E-state index is 0.0985. The lowest BCUT2D eigenvalue weighted by Crippen LogP contribution is -2.29. The van der Waals surface area contributed by atoms with Crippen LogP contribution in [-0.4, -0.2) is 49.9 Å². The van der Waals surface area contributed by atoms with Gasteiger partial charge in [-0.05, 0) is 18.6 Å². The molecule has 1 fully saturated rings. The molecule has 1 aliphatic rings. The zero-order valence-electron chi connectivity index (χ0n) is 11.5. The molecule has 0 saturated carbocycles. The second-order valence-corrected chi connectivity index (χ2v) is 8.19. The summed E-state index contributed by atoms with van der Waals surface area (Å²) in [4.78, 5) is 11.3. The Morgan fingerprint density at radius 1 is 1.48 bits per heavy atom. The first kappa shape index (κ1) is 16.6. The van der Waals surface area contributed by atoms with Gasteiger partial charge in [-0.2, -0.15) is 4.31 Å². The Labute approximate surface area is 133 Å². The van der Waals surface area contributed by atoms with Gasteiger partial charge in [0.1, 0.15) is 4.90 Å². The third kappa shape index (κ3) is 3.91. The lowest BCUT2D eigenvalue weighted by molar-refractivity contribution is -0.137. The highest BCUT2D eigenvalue weighted by Crippen LogP contribution is 2.30. The van der Waals surface area contributed by atoms with E-state index >= 15 is 0 Å². The van der Waals surface area contributed by atoms with Gasteiger partial charge in [-0.25, -0.2) is 8.42 Å². The molecule has 116 valence electrons. The molecule has 0 unspecified atom stereocenters. The second-order valence-electron chi connectivity index (χ2n) is 4.59. The van der Waals surface area contributed by atoms with Gasteiger partial charge in [-0.15, -0.1) is 11.8 Å². The van der Waals surface area contributed by atoms with E-state index < -0.39 is 10.0 Å². The summed E-state index contributed by atoms with van der Waals surface area (Å²) in [6, 6.07) is 6.42. The summed E-state index contributed by atoms with van der Waals surface area (Å²) in [6.07, 6.45) is 0.714. The van der Waals surface area contributed by atoms with E-state index in [0.29, 0.717) is 19.5 Å². The Morgan fingerprint density at radius 2 is 2.19 bits per heavy atom. The minimum Gasteiger partial charge on any atom is -0.468 e. The van der Waals surface area contributed by atoms with Crippen molar-refractivity contribution in [2.45, 2.75) is 16.6 Å². The summed E-state index contributed by atoms with van der Waals surface area (Å²) in [5.74, 6) is -0.0614. The average Bonchev–Trinajstić information content (AvgIpc) is 2.94. The maximum absolute atomic E-state index is 12.5. The number of esters is 1. The van der Waals surface area contributed by atoms with Crippen LogP contribution in [0.4, 0.5) is 0 Å². The van der Waals surface area contributed by atoms with E-state index in [1.54, 1.807) is 18.2 Å². The Kier molecular flexibility index (Phi) is 5.54. The molecule has 0 aromatic heterocycles. The van der Waals surface area contributed by atoms with Crippen LogP contribution < -0.4 is 0 Å². The molecule has 2 rings (SSSR count). The summed E-state index contributed by atoms with van der Waals surface area (Å²) in [5, 5.41) is 0.324. The van der Waals surface area contributed by atoms with Crippen molar-refractivity contribution in [2.75, 3.05) is 26.0 Å². The summed E-state index contributed by atoms with van der Waals surface area (Å²) in [5.41, 5.74) is 0. The van der Waals surface area contributed by atoms with Crippen molar-refractivity contribution in [3.05, 3.63) is 29.3 Å². The van der Waals surface area contributed by atoms with Crippen molar-refractivity contribution in [3.8, 4) is 0 Å². The van der Waals surface area contributed by atoms with Crippen molar-refractivity contribution >= 4 is 39.4 Å². The molecule has 8 heteroatoms. The van der Waals surface area contributed by atoms with Crippen LogP contribution in [0.5, 0.6) is 0 Å². The fourth-order valence-electron chi connectivity index (χ4n) is 2.09. The van der Waals surface area contributed by atoms with Crippen LogP contribution in [0.25, 0.3) is 0 Å². The lowest BCUT2D eigenvalue weighted by atomic mass is 10.4. The molecule has 0 radical (unpaired) electrons. The van der Waals surface area contributed by atoms with Crippen molar-refractivity contribution in [2.24, 2.45) is 0 Å². The fraction of sp³-hybridized carbons (Fsp3) is 0.462. The first-order valence-electron chi connectivity index (χ1n) is 6.38. The first-order chi connectivity index (χ1) is 9.95. The molecule has 1 atom stereocenters. The molecule has 0 amide bonds. The van der Waals surface area contributed by atoms with Crippen LogP contribution in [0.15, 0.2) is 29.2 Å². The standard InChI is InChI=1S/C13H16ClNO4S2/c1-19-13(16)9-20-10-6-7-15(8-10)21(17,18)12-5-3-2-4-11(12)14/h2-5,10H,6-9H2,1H3/t10-/m1/s1. The summed E-state index contributed by atoms with van der Waals surface area (Å²) in [7, 11) is -2.24. The number of carbonyl (C=O) groups excluding carboxylic acids is 1. The van der Waals surface area contributed by atoms with Crippen LogP contribution in [0.3, 0.4) is 0 Å². The molecule has 1 aromatic carbocycles. The average molecular weight is 350 g/mol. The first-order valence-corrected chi connectivity index (χ1v) is 9.25. The lowest BCUT2D eigenvalue weighted by Gasteiger charge is -2.17. The number of methoxy groups -OCH3 is 1. The van der Waals surface area contributed by atoms with Crippen LogP contribution >= 0.6 is 23.4 Å². The SMILES string of the molecule is COC(=O)CS[C@@H]1CCN(S(=O)(=O)c2ccccc2Cl)C1. The number of halogens is 1. The molecule has 0 N–H and O–H groups in total. The predicted molar refractivity (Wildman–Crippen MR) is 83.1 cm³/mol. The molecular formula is C13H16ClNO4S2. The van der Waals surface area contributed by atoms with Gasteiger partial charge in [0.25, 0.3) is 0 Å². The molecule has 1 aromatic rings. The minimum atomic E-state index is -3.57. The van der Waals surface area contributed by atoms with Gasteiger partial charge >= 0.3 is 5.97 Å². The van der Waals surface area contributed by atoms with Gasteiger partial charge in [-0.3, -0.25) is 4.79 Å². The van der Waals surface area contributed by atoms with E-state index in [0.717, 1.165) is 0 Å². The van der Waals surface area contributed by atoms with E-state index in [4.69, 9.17) is 11.6 Å². The number of benzene rings is 1. The zero-order valence-corrected chi connectivity index (χ0v) is 13.9. The maximum atomic E-state index is 12.5. The topological polar surface area (TPSA) is 63.7 Å². The molecule has 5 nitrogen and oxygen atoms in total. The zero-order chi connectivity index (χ0) is 15.5. The quantitative estimate of drug-likeness (QED) is 0.761. The summed E-state index contributed by atoms with van der Waals surface area (Å²) < 4.78 is 31.1.